The number of benzene rings is 1. The third kappa shape index (κ3) is 2.69. The monoisotopic (exact) mass is 356 g/mol. The van der Waals surface area contributed by atoms with Crippen molar-refractivity contribution in [3.05, 3.63) is 35.5 Å². The van der Waals surface area contributed by atoms with Crippen molar-refractivity contribution in [2.24, 2.45) is 11.8 Å². The molecule has 2 aliphatic heterocycles. The summed E-state index contributed by atoms with van der Waals surface area (Å²) in [5.74, 6) is -1.92. The first kappa shape index (κ1) is 17.1. The Balaban J connectivity index is 1.67. The predicted octanol–water partition coefficient (Wildman–Crippen LogP) is 2.44. The summed E-state index contributed by atoms with van der Waals surface area (Å²) in [5, 5.41) is 1.28. The maximum Gasteiger partial charge on any atom is 0.320 e. The first-order valence-corrected chi connectivity index (χ1v) is 9.13. The van der Waals surface area contributed by atoms with Crippen LogP contribution in [0.5, 0.6) is 0 Å². The van der Waals surface area contributed by atoms with E-state index in [9.17, 15) is 9.59 Å². The van der Waals surface area contributed by atoms with Gasteiger partial charge in [-0.2, -0.15) is 0 Å². The molecule has 4 rings (SSSR count). The van der Waals surface area contributed by atoms with E-state index >= 15 is 0 Å². The van der Waals surface area contributed by atoms with Crippen molar-refractivity contribution in [2.45, 2.75) is 25.3 Å². The lowest BCUT2D eigenvalue weighted by atomic mass is 9.78. The maximum absolute atomic E-state index is 12.2. The Morgan fingerprint density at radius 1 is 1.15 bits per heavy atom. The molecule has 2 aromatic rings. The van der Waals surface area contributed by atoms with Gasteiger partial charge in [0.25, 0.3) is 0 Å². The van der Waals surface area contributed by atoms with Crippen LogP contribution < -0.4 is 0 Å². The molecular weight excluding hydrogens is 332 g/mol. The predicted molar refractivity (Wildman–Crippen MR) is 96.6 cm³/mol. The van der Waals surface area contributed by atoms with Crippen LogP contribution in [-0.2, 0) is 25.5 Å². The van der Waals surface area contributed by atoms with Crippen molar-refractivity contribution in [3.63, 3.8) is 0 Å². The van der Waals surface area contributed by atoms with E-state index in [0.29, 0.717) is 0 Å². The average Bonchev–Trinajstić information content (AvgIpc) is 3.07. The number of aromatic nitrogens is 1. The van der Waals surface area contributed by atoms with E-state index in [1.165, 1.54) is 30.9 Å². The van der Waals surface area contributed by atoms with Gasteiger partial charge >= 0.3 is 11.9 Å². The summed E-state index contributed by atoms with van der Waals surface area (Å²) in [7, 11) is 2.65. The lowest BCUT2D eigenvalue weighted by molar-refractivity contribution is -0.163. The highest BCUT2D eigenvalue weighted by Gasteiger charge is 2.43. The fraction of sp³-hybridized carbons (Fsp3) is 0.500. The molecule has 1 saturated heterocycles. The summed E-state index contributed by atoms with van der Waals surface area (Å²) in [5.41, 5.74) is 3.75. The third-order valence-electron chi connectivity index (χ3n) is 5.96. The zero-order valence-electron chi connectivity index (χ0n) is 15.2. The van der Waals surface area contributed by atoms with Crippen molar-refractivity contribution in [2.75, 3.05) is 27.3 Å². The van der Waals surface area contributed by atoms with Gasteiger partial charge in [-0.3, -0.25) is 14.5 Å². The molecule has 0 radical (unpaired) electrons. The minimum atomic E-state index is -0.845. The second-order valence-corrected chi connectivity index (χ2v) is 7.17. The smallest absolute Gasteiger partial charge is 0.320 e. The van der Waals surface area contributed by atoms with E-state index in [1.807, 2.05) is 6.07 Å². The minimum Gasteiger partial charge on any atom is -0.468 e. The van der Waals surface area contributed by atoms with E-state index in [0.717, 1.165) is 37.9 Å². The molecule has 6 nitrogen and oxygen atoms in total. The largest absolute Gasteiger partial charge is 0.468 e. The van der Waals surface area contributed by atoms with Crippen LogP contribution in [0.4, 0.5) is 0 Å². The highest BCUT2D eigenvalue weighted by atomic mass is 16.5. The lowest BCUT2D eigenvalue weighted by Gasteiger charge is -2.43. The fourth-order valence-electron chi connectivity index (χ4n) is 4.68. The Kier molecular flexibility index (Phi) is 4.44. The van der Waals surface area contributed by atoms with Gasteiger partial charge in [-0.25, -0.2) is 0 Å². The average molecular weight is 356 g/mol. The summed E-state index contributed by atoms with van der Waals surface area (Å²) in [6.07, 6.45) is 2.56. The van der Waals surface area contributed by atoms with Crippen molar-refractivity contribution in [1.82, 2.24) is 9.88 Å². The van der Waals surface area contributed by atoms with Crippen LogP contribution in [0, 0.1) is 11.8 Å². The molecule has 26 heavy (non-hydrogen) atoms. The summed E-state index contributed by atoms with van der Waals surface area (Å²) in [4.78, 5) is 30.5. The van der Waals surface area contributed by atoms with Gasteiger partial charge in [0.15, 0.2) is 5.92 Å². The van der Waals surface area contributed by atoms with Gasteiger partial charge in [0.05, 0.1) is 20.3 Å². The van der Waals surface area contributed by atoms with Crippen LogP contribution in [0.1, 0.15) is 30.1 Å². The molecule has 0 saturated carbocycles. The Labute approximate surface area is 152 Å². The van der Waals surface area contributed by atoms with E-state index in [1.54, 1.807) is 0 Å². The molecule has 0 spiro atoms. The highest BCUT2D eigenvalue weighted by molar-refractivity contribution is 5.95. The van der Waals surface area contributed by atoms with Crippen LogP contribution in [-0.4, -0.2) is 49.1 Å². The molecule has 3 heterocycles. The normalized spacial score (nSPS) is 22.7. The highest BCUT2D eigenvalue weighted by Crippen LogP contribution is 2.43. The van der Waals surface area contributed by atoms with Crippen molar-refractivity contribution < 1.29 is 19.1 Å². The number of fused-ring (bicyclic) bond motifs is 5. The van der Waals surface area contributed by atoms with E-state index in [4.69, 9.17) is 9.47 Å². The van der Waals surface area contributed by atoms with Crippen LogP contribution in [0.3, 0.4) is 0 Å². The first-order chi connectivity index (χ1) is 12.6. The van der Waals surface area contributed by atoms with Gasteiger partial charge < -0.3 is 14.5 Å². The third-order valence-corrected chi connectivity index (χ3v) is 5.96. The molecular formula is C20H24N2O4. The number of nitrogens with zero attached hydrogens (tertiary/aromatic N) is 1. The van der Waals surface area contributed by atoms with Gasteiger partial charge in [0, 0.05) is 23.1 Å². The molecule has 0 bridgehead atoms. The molecule has 2 atom stereocenters. The first-order valence-electron chi connectivity index (χ1n) is 9.13. The van der Waals surface area contributed by atoms with Crippen LogP contribution in [0.15, 0.2) is 24.3 Å². The number of hydrogen-bond acceptors (Lipinski definition) is 5. The molecule has 0 amide bonds. The number of ether oxygens (including phenoxy) is 2. The SMILES string of the molecule is COC(=O)C(C(=O)OC)[C@@H]1CCN2CCc3c([nH]c4ccccc34)[C@@H]2C1. The Hall–Kier alpha value is -2.34. The van der Waals surface area contributed by atoms with Gasteiger partial charge in [0.2, 0.25) is 0 Å². The zero-order chi connectivity index (χ0) is 18.3. The summed E-state index contributed by atoms with van der Waals surface area (Å²) in [6, 6.07) is 8.56. The summed E-state index contributed by atoms with van der Waals surface area (Å²) in [6.45, 7) is 1.88. The van der Waals surface area contributed by atoms with Crippen molar-refractivity contribution >= 4 is 22.8 Å². The summed E-state index contributed by atoms with van der Waals surface area (Å²) >= 11 is 0. The topological polar surface area (TPSA) is 71.6 Å². The molecule has 6 heteroatoms. The maximum atomic E-state index is 12.2. The molecule has 1 fully saturated rings. The lowest BCUT2D eigenvalue weighted by Crippen LogP contribution is -2.45. The van der Waals surface area contributed by atoms with Gasteiger partial charge in [-0.05, 0) is 43.4 Å². The minimum absolute atomic E-state index is 0.0755. The number of carbonyl (C=O) groups is 2. The van der Waals surface area contributed by atoms with Crippen molar-refractivity contribution in [3.8, 4) is 0 Å². The number of carbonyl (C=O) groups excluding carboxylic acids is 2. The molecule has 1 aromatic carbocycles. The number of aromatic amines is 1. The molecule has 1 N–H and O–H groups in total. The number of esters is 2. The number of hydrogen-bond donors (Lipinski definition) is 1. The van der Waals surface area contributed by atoms with Crippen molar-refractivity contribution in [1.29, 1.82) is 0 Å². The second-order valence-electron chi connectivity index (χ2n) is 7.17. The quantitative estimate of drug-likeness (QED) is 0.676. The number of methoxy groups -OCH3 is 2. The standard InChI is InChI=1S/C20H24N2O4/c1-25-19(23)17(20(24)26-2)12-7-9-22-10-8-14-13-5-3-4-6-15(13)21-18(14)16(22)11-12/h3-6,12,16-17,21H,7-11H2,1-2H3/t12-,16+/m1/s1. The van der Waals surface area contributed by atoms with Gasteiger partial charge in [0.1, 0.15) is 0 Å². The number of piperidine rings is 1. The molecule has 1 aromatic heterocycles. The Morgan fingerprint density at radius 2 is 1.88 bits per heavy atom. The number of nitrogens with one attached hydrogen (secondary N) is 1. The summed E-state index contributed by atoms with van der Waals surface area (Å²) < 4.78 is 9.76. The molecule has 2 aliphatic rings. The fourth-order valence-corrected chi connectivity index (χ4v) is 4.68. The Bertz CT molecular complexity index is 827. The number of rotatable bonds is 3. The van der Waals surface area contributed by atoms with E-state index in [-0.39, 0.29) is 12.0 Å². The second kappa shape index (κ2) is 6.76. The molecule has 0 aliphatic carbocycles. The van der Waals surface area contributed by atoms with E-state index < -0.39 is 17.9 Å². The van der Waals surface area contributed by atoms with Crippen LogP contribution >= 0.6 is 0 Å². The number of para-hydroxylation sites is 1. The van der Waals surface area contributed by atoms with E-state index in [2.05, 4.69) is 28.1 Å². The molecule has 138 valence electrons. The van der Waals surface area contributed by atoms with Gasteiger partial charge in [-0.1, -0.05) is 18.2 Å². The Morgan fingerprint density at radius 3 is 2.62 bits per heavy atom. The van der Waals surface area contributed by atoms with Crippen LogP contribution in [0.25, 0.3) is 10.9 Å². The molecule has 0 unspecified atom stereocenters. The van der Waals surface area contributed by atoms with Crippen LogP contribution in [0.2, 0.25) is 0 Å². The van der Waals surface area contributed by atoms with Gasteiger partial charge in [-0.15, -0.1) is 0 Å². The number of H-pyrrole nitrogens is 1. The zero-order valence-corrected chi connectivity index (χ0v) is 15.2.